The molecule has 0 aliphatic carbocycles. The molecule has 0 radical (unpaired) electrons. The molecule has 3 aromatic rings. The van der Waals surface area contributed by atoms with Gasteiger partial charge in [-0.1, -0.05) is 23.4 Å². The Kier molecular flexibility index (Phi) is 5.51. The molecule has 29 heavy (non-hydrogen) atoms. The summed E-state index contributed by atoms with van der Waals surface area (Å²) in [6.45, 7) is 0.506. The van der Waals surface area contributed by atoms with Crippen LogP contribution in [-0.4, -0.2) is 39.4 Å². The maximum absolute atomic E-state index is 12.8. The van der Waals surface area contributed by atoms with Crippen molar-refractivity contribution < 1.29 is 18.8 Å². The molecular weight excluding hydrogens is 372 g/mol. The Morgan fingerprint density at radius 3 is 2.69 bits per heavy atom. The van der Waals surface area contributed by atoms with Crippen molar-refractivity contribution in [1.29, 1.82) is 0 Å². The van der Waals surface area contributed by atoms with Gasteiger partial charge in [0.15, 0.2) is 5.69 Å². The minimum Gasteiger partial charge on any atom is -0.439 e. The largest absolute Gasteiger partial charge is 0.439 e. The van der Waals surface area contributed by atoms with Gasteiger partial charge in [0.1, 0.15) is 18.1 Å². The normalized spacial score (nSPS) is 16.3. The number of piperidine rings is 1. The van der Waals surface area contributed by atoms with Gasteiger partial charge in [-0.2, -0.15) is 0 Å². The third-order valence-corrected chi connectivity index (χ3v) is 4.69. The fourth-order valence-corrected chi connectivity index (χ4v) is 3.27. The van der Waals surface area contributed by atoms with Gasteiger partial charge >= 0.3 is 0 Å². The molecule has 1 aliphatic rings. The number of rotatable bonds is 5. The molecule has 148 valence electrons. The van der Waals surface area contributed by atoms with Gasteiger partial charge in [-0.25, -0.2) is 4.98 Å². The molecule has 2 amide bonds. The van der Waals surface area contributed by atoms with Gasteiger partial charge in [-0.05, 0) is 37.5 Å². The topological polar surface area (TPSA) is 97.6 Å². The number of nitrogens with zero attached hydrogens (tertiary/aromatic N) is 3. The minimum absolute atomic E-state index is 0.203. The fourth-order valence-electron chi connectivity index (χ4n) is 3.27. The first-order valence-electron chi connectivity index (χ1n) is 9.42. The van der Waals surface area contributed by atoms with Gasteiger partial charge in [0.05, 0.1) is 11.9 Å². The van der Waals surface area contributed by atoms with Crippen molar-refractivity contribution in [3.8, 4) is 11.6 Å². The summed E-state index contributed by atoms with van der Waals surface area (Å²) in [5.74, 6) is 0.555. The average Bonchev–Trinajstić information content (AvgIpc) is 3.30. The number of anilines is 1. The molecule has 1 aromatic carbocycles. The number of aromatic nitrogens is 2. The highest BCUT2D eigenvalue weighted by molar-refractivity contribution is 6.00. The first-order valence-corrected chi connectivity index (χ1v) is 9.42. The van der Waals surface area contributed by atoms with E-state index in [2.05, 4.69) is 15.5 Å². The second-order valence-electron chi connectivity index (χ2n) is 6.68. The van der Waals surface area contributed by atoms with Crippen LogP contribution in [0.1, 0.15) is 29.8 Å². The lowest BCUT2D eigenvalue weighted by Gasteiger charge is -2.34. The van der Waals surface area contributed by atoms with E-state index in [1.807, 2.05) is 30.3 Å². The van der Waals surface area contributed by atoms with Crippen LogP contribution in [0.4, 0.5) is 5.69 Å². The molecule has 8 nitrogen and oxygen atoms in total. The number of pyridine rings is 1. The summed E-state index contributed by atoms with van der Waals surface area (Å²) in [6.07, 6.45) is 5.20. The monoisotopic (exact) mass is 392 g/mol. The van der Waals surface area contributed by atoms with Crippen LogP contribution < -0.4 is 10.1 Å². The van der Waals surface area contributed by atoms with Crippen LogP contribution in [0.3, 0.4) is 0 Å². The zero-order valence-electron chi connectivity index (χ0n) is 15.7. The number of likely N-dealkylation sites (tertiary alicyclic amines) is 1. The molecular formula is C21H20N4O4. The number of carbonyl (C=O) groups is 2. The van der Waals surface area contributed by atoms with E-state index in [-0.39, 0.29) is 17.5 Å². The molecule has 1 unspecified atom stereocenters. The van der Waals surface area contributed by atoms with Gasteiger partial charge in [0, 0.05) is 18.7 Å². The quantitative estimate of drug-likeness (QED) is 0.714. The van der Waals surface area contributed by atoms with Gasteiger partial charge in [0.2, 0.25) is 11.8 Å². The lowest BCUT2D eigenvalue weighted by atomic mass is 10.0. The molecule has 8 heteroatoms. The van der Waals surface area contributed by atoms with Crippen molar-refractivity contribution in [3.63, 3.8) is 0 Å². The molecule has 1 aliphatic heterocycles. The van der Waals surface area contributed by atoms with Crippen molar-refractivity contribution in [2.24, 2.45) is 0 Å². The molecule has 0 spiro atoms. The number of nitrogens with one attached hydrogen (secondary N) is 1. The Morgan fingerprint density at radius 1 is 1.10 bits per heavy atom. The second-order valence-corrected chi connectivity index (χ2v) is 6.68. The van der Waals surface area contributed by atoms with Crippen LogP contribution in [0, 0.1) is 0 Å². The summed E-state index contributed by atoms with van der Waals surface area (Å²) in [5.41, 5.74) is 0.739. The maximum atomic E-state index is 12.8. The second kappa shape index (κ2) is 8.55. The van der Waals surface area contributed by atoms with Gasteiger partial charge in [-0.3, -0.25) is 9.59 Å². The fraction of sp³-hybridized carbons (Fsp3) is 0.238. The molecule has 2 aromatic heterocycles. The summed E-state index contributed by atoms with van der Waals surface area (Å²) >= 11 is 0. The van der Waals surface area contributed by atoms with E-state index in [4.69, 9.17) is 9.26 Å². The summed E-state index contributed by atoms with van der Waals surface area (Å²) in [4.78, 5) is 31.2. The highest BCUT2D eigenvalue weighted by atomic mass is 16.5. The predicted molar refractivity (Wildman–Crippen MR) is 105 cm³/mol. The summed E-state index contributed by atoms with van der Waals surface area (Å²) < 4.78 is 10.4. The highest BCUT2D eigenvalue weighted by Gasteiger charge is 2.33. The van der Waals surface area contributed by atoms with E-state index >= 15 is 0 Å². The standard InChI is InChI=1S/C21H20N4O4/c26-20(18-8-4-5-12-25(18)21(27)17-11-13-28-24-17)23-15-9-10-19(22-14-15)29-16-6-2-1-3-7-16/h1-3,6-7,9-11,13-14,18H,4-5,8,12H2,(H,23,26). The van der Waals surface area contributed by atoms with Crippen LogP contribution in [0.25, 0.3) is 0 Å². The van der Waals surface area contributed by atoms with E-state index in [1.165, 1.54) is 18.5 Å². The van der Waals surface area contributed by atoms with E-state index < -0.39 is 6.04 Å². The first-order chi connectivity index (χ1) is 14.2. The maximum Gasteiger partial charge on any atom is 0.276 e. The van der Waals surface area contributed by atoms with Gasteiger partial charge in [0.25, 0.3) is 5.91 Å². The van der Waals surface area contributed by atoms with Crippen LogP contribution in [-0.2, 0) is 4.79 Å². The van der Waals surface area contributed by atoms with Gasteiger partial charge in [-0.15, -0.1) is 0 Å². The van der Waals surface area contributed by atoms with Crippen molar-refractivity contribution in [2.45, 2.75) is 25.3 Å². The van der Waals surface area contributed by atoms with Crippen molar-refractivity contribution >= 4 is 17.5 Å². The SMILES string of the molecule is O=C(Nc1ccc(Oc2ccccc2)nc1)C1CCCCN1C(=O)c1ccon1. The number of amides is 2. The zero-order chi connectivity index (χ0) is 20.1. The van der Waals surface area contributed by atoms with Gasteiger partial charge < -0.3 is 19.5 Å². The minimum atomic E-state index is -0.562. The molecule has 1 fully saturated rings. The lowest BCUT2D eigenvalue weighted by molar-refractivity contribution is -0.121. The molecule has 0 bridgehead atoms. The number of benzene rings is 1. The molecule has 1 N–H and O–H groups in total. The molecule has 4 rings (SSSR count). The smallest absolute Gasteiger partial charge is 0.276 e. The van der Waals surface area contributed by atoms with Crippen LogP contribution in [0.5, 0.6) is 11.6 Å². The third-order valence-electron chi connectivity index (χ3n) is 4.69. The van der Waals surface area contributed by atoms with Crippen molar-refractivity contribution in [3.05, 3.63) is 66.7 Å². The van der Waals surface area contributed by atoms with Crippen LogP contribution in [0.2, 0.25) is 0 Å². The zero-order valence-corrected chi connectivity index (χ0v) is 15.7. The van der Waals surface area contributed by atoms with Crippen LogP contribution in [0.15, 0.2) is 65.5 Å². The summed E-state index contributed by atoms with van der Waals surface area (Å²) in [6, 6.07) is 13.7. The molecule has 1 saturated heterocycles. The molecule has 1 atom stereocenters. The van der Waals surface area contributed by atoms with E-state index in [0.29, 0.717) is 30.3 Å². The number of hydrogen-bond acceptors (Lipinski definition) is 6. The Hall–Kier alpha value is -3.68. The van der Waals surface area contributed by atoms with Crippen molar-refractivity contribution in [1.82, 2.24) is 15.0 Å². The number of ether oxygens (including phenoxy) is 1. The average molecular weight is 392 g/mol. The summed E-state index contributed by atoms with van der Waals surface area (Å²) in [7, 11) is 0. The Bertz CT molecular complexity index is 958. The predicted octanol–water partition coefficient (Wildman–Crippen LogP) is 3.50. The Labute approximate surface area is 167 Å². The summed E-state index contributed by atoms with van der Waals surface area (Å²) in [5, 5.41) is 6.53. The van der Waals surface area contributed by atoms with E-state index in [1.54, 1.807) is 17.0 Å². The van der Waals surface area contributed by atoms with E-state index in [9.17, 15) is 9.59 Å². The number of para-hydroxylation sites is 1. The Balaban J connectivity index is 1.41. The van der Waals surface area contributed by atoms with E-state index in [0.717, 1.165) is 12.8 Å². The third kappa shape index (κ3) is 4.43. The lowest BCUT2D eigenvalue weighted by Crippen LogP contribution is -2.50. The number of hydrogen-bond donors (Lipinski definition) is 1. The highest BCUT2D eigenvalue weighted by Crippen LogP contribution is 2.23. The molecule has 0 saturated carbocycles. The van der Waals surface area contributed by atoms with Crippen LogP contribution >= 0.6 is 0 Å². The number of carbonyl (C=O) groups excluding carboxylic acids is 2. The molecule has 3 heterocycles. The van der Waals surface area contributed by atoms with Crippen molar-refractivity contribution in [2.75, 3.05) is 11.9 Å². The Morgan fingerprint density at radius 2 is 1.97 bits per heavy atom. The first kappa shape index (κ1) is 18.7.